The minimum absolute atomic E-state index is 0.0255. The predicted molar refractivity (Wildman–Crippen MR) is 120 cm³/mol. The van der Waals surface area contributed by atoms with Crippen LogP contribution in [0.15, 0.2) is 48.0 Å². The lowest BCUT2D eigenvalue weighted by molar-refractivity contribution is 0.0511. The summed E-state index contributed by atoms with van der Waals surface area (Å²) in [6.07, 6.45) is 3.89. The van der Waals surface area contributed by atoms with Gasteiger partial charge in [0.2, 0.25) is 0 Å². The summed E-state index contributed by atoms with van der Waals surface area (Å²) in [6, 6.07) is 12.4. The van der Waals surface area contributed by atoms with Gasteiger partial charge >= 0.3 is 0 Å². The first kappa shape index (κ1) is 20.1. The van der Waals surface area contributed by atoms with Crippen molar-refractivity contribution in [3.8, 4) is 9.88 Å². The fraction of sp³-hybridized carbons (Fsp3) is 0.364. The molecule has 0 saturated carbocycles. The summed E-state index contributed by atoms with van der Waals surface area (Å²) in [5, 5.41) is 2.93. The Morgan fingerprint density at radius 3 is 2.72 bits per heavy atom. The van der Waals surface area contributed by atoms with E-state index in [0.717, 1.165) is 40.6 Å². The van der Waals surface area contributed by atoms with Gasteiger partial charge in [-0.05, 0) is 42.0 Å². The van der Waals surface area contributed by atoms with Crippen LogP contribution < -0.4 is 4.90 Å². The van der Waals surface area contributed by atoms with Gasteiger partial charge in [0.15, 0.2) is 0 Å². The summed E-state index contributed by atoms with van der Waals surface area (Å²) in [4.78, 5) is 23.6. The van der Waals surface area contributed by atoms with Gasteiger partial charge in [-0.25, -0.2) is 4.98 Å². The quantitative estimate of drug-likeness (QED) is 0.545. The molecule has 1 amide bonds. The molecule has 0 bridgehead atoms. The number of ether oxygens (including phenoxy) is 1. The zero-order valence-corrected chi connectivity index (χ0v) is 18.3. The zero-order valence-electron chi connectivity index (χ0n) is 16.7. The summed E-state index contributed by atoms with van der Waals surface area (Å²) in [5.41, 5.74) is 2.26. The van der Waals surface area contributed by atoms with E-state index in [1.807, 2.05) is 36.5 Å². The lowest BCUT2D eigenvalue weighted by Crippen LogP contribution is -2.36. The van der Waals surface area contributed by atoms with Crippen LogP contribution in [0.2, 0.25) is 0 Å². The molecule has 1 unspecified atom stereocenters. The van der Waals surface area contributed by atoms with E-state index in [-0.39, 0.29) is 12.0 Å². The van der Waals surface area contributed by atoms with Crippen LogP contribution in [-0.4, -0.2) is 49.1 Å². The van der Waals surface area contributed by atoms with Gasteiger partial charge in [0.1, 0.15) is 9.88 Å². The van der Waals surface area contributed by atoms with Gasteiger partial charge in [0.25, 0.3) is 5.91 Å². The number of rotatable bonds is 7. The van der Waals surface area contributed by atoms with Gasteiger partial charge in [0, 0.05) is 39.5 Å². The van der Waals surface area contributed by atoms with Crippen LogP contribution in [0.3, 0.4) is 0 Å². The molecule has 152 valence electrons. The molecule has 0 radical (unpaired) electrons. The first-order valence-corrected chi connectivity index (χ1v) is 11.5. The van der Waals surface area contributed by atoms with Crippen molar-refractivity contribution in [3.05, 3.63) is 58.4 Å². The third-order valence-corrected chi connectivity index (χ3v) is 7.03. The van der Waals surface area contributed by atoms with Crippen molar-refractivity contribution in [2.24, 2.45) is 0 Å². The Bertz CT molecular complexity index is 929. The molecule has 1 aliphatic heterocycles. The molecule has 29 heavy (non-hydrogen) atoms. The average Bonchev–Trinajstić information content (AvgIpc) is 3.49. The third kappa shape index (κ3) is 4.86. The molecular weight excluding hydrogens is 402 g/mol. The number of thiazole rings is 1. The van der Waals surface area contributed by atoms with Crippen LogP contribution in [-0.2, 0) is 11.3 Å². The lowest BCUT2D eigenvalue weighted by atomic mass is 10.1. The average molecular weight is 428 g/mol. The molecule has 0 N–H and O–H groups in total. The molecule has 1 aliphatic rings. The number of benzene rings is 1. The van der Waals surface area contributed by atoms with E-state index in [1.165, 1.54) is 11.3 Å². The minimum atomic E-state index is 0.0255. The Morgan fingerprint density at radius 2 is 2.07 bits per heavy atom. The smallest absolute Gasteiger partial charge is 0.265 e. The van der Waals surface area contributed by atoms with E-state index in [9.17, 15) is 4.79 Å². The third-order valence-electron chi connectivity index (χ3n) is 5.01. The first-order valence-electron chi connectivity index (χ1n) is 9.77. The van der Waals surface area contributed by atoms with E-state index in [1.54, 1.807) is 17.5 Å². The van der Waals surface area contributed by atoms with E-state index >= 15 is 0 Å². The van der Waals surface area contributed by atoms with Crippen LogP contribution in [0.5, 0.6) is 0 Å². The van der Waals surface area contributed by atoms with Gasteiger partial charge in [-0.2, -0.15) is 0 Å². The highest BCUT2D eigenvalue weighted by molar-refractivity contribution is 7.21. The van der Waals surface area contributed by atoms with E-state index in [2.05, 4.69) is 34.1 Å². The van der Waals surface area contributed by atoms with E-state index in [0.29, 0.717) is 18.0 Å². The molecule has 4 rings (SSSR count). The second-order valence-corrected chi connectivity index (χ2v) is 9.37. The lowest BCUT2D eigenvalue weighted by Gasteiger charge is -2.25. The highest BCUT2D eigenvalue weighted by atomic mass is 32.1. The summed E-state index contributed by atoms with van der Waals surface area (Å²) >= 11 is 3.10. The first-order chi connectivity index (χ1) is 14.1. The van der Waals surface area contributed by atoms with Crippen LogP contribution >= 0.6 is 22.7 Å². The maximum atomic E-state index is 13.3. The SMILES string of the molecule is CN(C)c1ccc(CN(CC2CCCO2)C(=O)c2cnc(-c3cccs3)s2)cc1. The number of nitrogens with zero attached hydrogens (tertiary/aromatic N) is 3. The van der Waals surface area contributed by atoms with Crippen LogP contribution in [0.4, 0.5) is 5.69 Å². The number of carbonyl (C=O) groups is 1. The number of thiophene rings is 1. The van der Waals surface area contributed by atoms with Crippen molar-refractivity contribution >= 4 is 34.3 Å². The minimum Gasteiger partial charge on any atom is -0.378 e. The Labute approximate surface area is 179 Å². The highest BCUT2D eigenvalue weighted by Gasteiger charge is 2.25. The number of amides is 1. The second kappa shape index (κ2) is 9.07. The van der Waals surface area contributed by atoms with Gasteiger partial charge in [-0.3, -0.25) is 4.79 Å². The Kier molecular flexibility index (Phi) is 6.28. The van der Waals surface area contributed by atoms with Gasteiger partial charge in [-0.1, -0.05) is 18.2 Å². The molecule has 1 aromatic carbocycles. The topological polar surface area (TPSA) is 45.7 Å². The van der Waals surface area contributed by atoms with Crippen molar-refractivity contribution in [2.45, 2.75) is 25.5 Å². The summed E-state index contributed by atoms with van der Waals surface area (Å²) < 4.78 is 5.81. The Hall–Kier alpha value is -2.22. The molecule has 3 heterocycles. The number of aromatic nitrogens is 1. The molecule has 7 heteroatoms. The maximum Gasteiger partial charge on any atom is 0.265 e. The Morgan fingerprint density at radius 1 is 1.24 bits per heavy atom. The maximum absolute atomic E-state index is 13.3. The van der Waals surface area contributed by atoms with Crippen LogP contribution in [0.1, 0.15) is 28.1 Å². The Balaban J connectivity index is 1.53. The number of carbonyl (C=O) groups excluding carboxylic acids is 1. The molecule has 0 spiro atoms. The van der Waals surface area contributed by atoms with Gasteiger partial charge in [0.05, 0.1) is 17.2 Å². The predicted octanol–water partition coefficient (Wildman–Crippen LogP) is 4.76. The standard InChI is InChI=1S/C22H25N3O2S2/c1-24(2)17-9-7-16(8-10-17)14-25(15-18-5-3-11-27-18)22(26)20-13-23-21(29-20)19-6-4-12-28-19/h4,6-10,12-13,18H,3,5,11,14-15H2,1-2H3. The van der Waals surface area contributed by atoms with Crippen molar-refractivity contribution in [2.75, 3.05) is 32.1 Å². The molecule has 0 aliphatic carbocycles. The monoisotopic (exact) mass is 427 g/mol. The molecule has 1 fully saturated rings. The fourth-order valence-electron chi connectivity index (χ4n) is 3.42. The summed E-state index contributed by atoms with van der Waals surface area (Å²) in [5.74, 6) is 0.0255. The molecule has 3 aromatic rings. The normalized spacial score (nSPS) is 16.1. The van der Waals surface area contributed by atoms with Gasteiger partial charge in [-0.15, -0.1) is 22.7 Å². The summed E-state index contributed by atoms with van der Waals surface area (Å²) in [6.45, 7) is 1.96. The van der Waals surface area contributed by atoms with Crippen LogP contribution in [0.25, 0.3) is 9.88 Å². The van der Waals surface area contributed by atoms with Crippen molar-refractivity contribution < 1.29 is 9.53 Å². The number of anilines is 1. The van der Waals surface area contributed by atoms with E-state index in [4.69, 9.17) is 4.74 Å². The van der Waals surface area contributed by atoms with Crippen LogP contribution in [0, 0.1) is 0 Å². The van der Waals surface area contributed by atoms with E-state index < -0.39 is 0 Å². The largest absolute Gasteiger partial charge is 0.378 e. The fourth-order valence-corrected chi connectivity index (χ4v) is 5.10. The highest BCUT2D eigenvalue weighted by Crippen LogP contribution is 2.30. The number of hydrogen-bond donors (Lipinski definition) is 0. The van der Waals surface area contributed by atoms with Crippen molar-refractivity contribution in [1.29, 1.82) is 0 Å². The number of hydrogen-bond acceptors (Lipinski definition) is 6. The molecule has 2 aromatic heterocycles. The molecule has 5 nitrogen and oxygen atoms in total. The second-order valence-electron chi connectivity index (χ2n) is 7.39. The molecule has 1 saturated heterocycles. The summed E-state index contributed by atoms with van der Waals surface area (Å²) in [7, 11) is 4.05. The van der Waals surface area contributed by atoms with Crippen molar-refractivity contribution in [3.63, 3.8) is 0 Å². The van der Waals surface area contributed by atoms with Crippen molar-refractivity contribution in [1.82, 2.24) is 9.88 Å². The molecular formula is C22H25N3O2S2. The zero-order chi connectivity index (χ0) is 20.2. The molecule has 1 atom stereocenters. The van der Waals surface area contributed by atoms with Gasteiger partial charge < -0.3 is 14.5 Å².